The minimum absolute atomic E-state index is 0.514. The predicted molar refractivity (Wildman–Crippen MR) is 86.5 cm³/mol. The predicted octanol–water partition coefficient (Wildman–Crippen LogP) is 5.40. The van der Waals surface area contributed by atoms with Crippen molar-refractivity contribution in [2.24, 2.45) is 17.3 Å². The summed E-state index contributed by atoms with van der Waals surface area (Å²) in [6.07, 6.45) is 12.7. The zero-order valence-electron chi connectivity index (χ0n) is 14.1. The largest absolute Gasteiger partial charge is 0.317 e. The second-order valence-electron chi connectivity index (χ2n) is 7.57. The number of hydrogen-bond donors (Lipinski definition) is 1. The van der Waals surface area contributed by atoms with E-state index in [0.717, 1.165) is 17.9 Å². The molecule has 0 aromatic heterocycles. The minimum Gasteiger partial charge on any atom is -0.317 e. The number of hydrogen-bond acceptors (Lipinski definition) is 1. The van der Waals surface area contributed by atoms with E-state index in [-0.39, 0.29) is 0 Å². The summed E-state index contributed by atoms with van der Waals surface area (Å²) < 4.78 is 0. The van der Waals surface area contributed by atoms with Crippen LogP contribution >= 0.6 is 0 Å². The van der Waals surface area contributed by atoms with Crippen molar-refractivity contribution in [3.8, 4) is 0 Å². The summed E-state index contributed by atoms with van der Waals surface area (Å²) in [6, 6.07) is 0.745. The molecule has 19 heavy (non-hydrogen) atoms. The summed E-state index contributed by atoms with van der Waals surface area (Å²) in [6.45, 7) is 9.73. The maximum Gasteiger partial charge on any atom is 0.00999 e. The van der Waals surface area contributed by atoms with Gasteiger partial charge in [-0.05, 0) is 43.6 Å². The van der Waals surface area contributed by atoms with Gasteiger partial charge in [-0.15, -0.1) is 0 Å². The van der Waals surface area contributed by atoms with Gasteiger partial charge in [-0.1, -0.05) is 66.2 Å². The molecule has 1 rings (SSSR count). The van der Waals surface area contributed by atoms with Crippen molar-refractivity contribution in [1.82, 2.24) is 5.32 Å². The molecule has 1 N–H and O–H groups in total. The number of rotatable bonds is 8. The summed E-state index contributed by atoms with van der Waals surface area (Å²) in [5, 5.41) is 3.60. The van der Waals surface area contributed by atoms with E-state index in [2.05, 4.69) is 40.1 Å². The molecule has 0 heterocycles. The van der Waals surface area contributed by atoms with Crippen molar-refractivity contribution in [2.75, 3.05) is 7.05 Å². The van der Waals surface area contributed by atoms with Crippen molar-refractivity contribution < 1.29 is 0 Å². The summed E-state index contributed by atoms with van der Waals surface area (Å²) in [7, 11) is 2.16. The van der Waals surface area contributed by atoms with Crippen LogP contribution in [0, 0.1) is 17.3 Å². The molecule has 0 aromatic rings. The molecule has 114 valence electrons. The van der Waals surface area contributed by atoms with Crippen molar-refractivity contribution >= 4 is 0 Å². The third kappa shape index (κ3) is 5.45. The molecule has 0 spiro atoms. The molecule has 1 aliphatic rings. The SMILES string of the molecule is CCCCCCCC(C)(C)C1CCC(C)CC1NC. The standard InChI is InChI=1S/C18H37N/c1-6-7-8-9-10-13-18(3,4)16-12-11-15(2)14-17(16)19-5/h15-17,19H,6-14H2,1-5H3. The van der Waals surface area contributed by atoms with Gasteiger partial charge in [-0.3, -0.25) is 0 Å². The van der Waals surface area contributed by atoms with E-state index in [1.807, 2.05) is 0 Å². The maximum absolute atomic E-state index is 3.60. The van der Waals surface area contributed by atoms with Crippen LogP contribution in [0.25, 0.3) is 0 Å². The van der Waals surface area contributed by atoms with Gasteiger partial charge in [0.25, 0.3) is 0 Å². The number of nitrogens with one attached hydrogen (secondary N) is 1. The van der Waals surface area contributed by atoms with Gasteiger partial charge in [0.2, 0.25) is 0 Å². The summed E-state index contributed by atoms with van der Waals surface area (Å²) >= 11 is 0. The van der Waals surface area contributed by atoms with Crippen LogP contribution in [0.15, 0.2) is 0 Å². The van der Waals surface area contributed by atoms with Gasteiger partial charge in [0.1, 0.15) is 0 Å². The van der Waals surface area contributed by atoms with Crippen LogP contribution in [-0.4, -0.2) is 13.1 Å². The van der Waals surface area contributed by atoms with Gasteiger partial charge >= 0.3 is 0 Å². The van der Waals surface area contributed by atoms with Crippen LogP contribution in [0.2, 0.25) is 0 Å². The highest BCUT2D eigenvalue weighted by atomic mass is 14.9. The third-order valence-corrected chi connectivity index (χ3v) is 5.41. The van der Waals surface area contributed by atoms with E-state index in [9.17, 15) is 0 Å². The van der Waals surface area contributed by atoms with E-state index in [0.29, 0.717) is 5.41 Å². The van der Waals surface area contributed by atoms with Crippen LogP contribution < -0.4 is 5.32 Å². The fourth-order valence-corrected chi connectivity index (χ4v) is 4.00. The average molecular weight is 268 g/mol. The highest BCUT2D eigenvalue weighted by molar-refractivity contribution is 4.91. The van der Waals surface area contributed by atoms with E-state index in [1.54, 1.807) is 0 Å². The van der Waals surface area contributed by atoms with Crippen molar-refractivity contribution in [3.63, 3.8) is 0 Å². The topological polar surface area (TPSA) is 12.0 Å². The molecule has 0 aliphatic heterocycles. The van der Waals surface area contributed by atoms with Gasteiger partial charge in [-0.2, -0.15) is 0 Å². The molecule has 0 saturated heterocycles. The zero-order valence-corrected chi connectivity index (χ0v) is 14.1. The molecule has 0 bridgehead atoms. The molecule has 1 heteroatoms. The fraction of sp³-hybridized carbons (Fsp3) is 1.00. The lowest BCUT2D eigenvalue weighted by Gasteiger charge is -2.44. The Hall–Kier alpha value is -0.0400. The third-order valence-electron chi connectivity index (χ3n) is 5.41. The highest BCUT2D eigenvalue weighted by Gasteiger charge is 2.37. The average Bonchev–Trinajstić information content (AvgIpc) is 2.38. The van der Waals surface area contributed by atoms with Crippen LogP contribution in [0.1, 0.15) is 85.5 Å². The molecule has 0 radical (unpaired) electrons. The van der Waals surface area contributed by atoms with Crippen LogP contribution in [-0.2, 0) is 0 Å². The fourth-order valence-electron chi connectivity index (χ4n) is 4.00. The van der Waals surface area contributed by atoms with Crippen molar-refractivity contribution in [2.45, 2.75) is 91.5 Å². The van der Waals surface area contributed by atoms with Gasteiger partial charge in [-0.25, -0.2) is 0 Å². The summed E-state index contributed by atoms with van der Waals surface area (Å²) in [5.41, 5.74) is 0.514. The van der Waals surface area contributed by atoms with E-state index in [1.165, 1.54) is 57.8 Å². The summed E-state index contributed by atoms with van der Waals surface area (Å²) in [4.78, 5) is 0. The monoisotopic (exact) mass is 267 g/mol. The Labute approximate surface area is 121 Å². The Morgan fingerprint density at radius 2 is 1.74 bits per heavy atom. The van der Waals surface area contributed by atoms with Crippen molar-refractivity contribution in [3.05, 3.63) is 0 Å². The first-order chi connectivity index (χ1) is 9.01. The molecule has 1 fully saturated rings. The minimum atomic E-state index is 0.514. The Kier molecular flexibility index (Phi) is 7.42. The smallest absolute Gasteiger partial charge is 0.00999 e. The molecular weight excluding hydrogens is 230 g/mol. The molecule has 0 aromatic carbocycles. The lowest BCUT2D eigenvalue weighted by Crippen LogP contribution is -2.45. The van der Waals surface area contributed by atoms with E-state index >= 15 is 0 Å². The summed E-state index contributed by atoms with van der Waals surface area (Å²) in [5.74, 6) is 1.79. The molecule has 1 saturated carbocycles. The first-order valence-electron chi connectivity index (χ1n) is 8.68. The lowest BCUT2D eigenvalue weighted by atomic mass is 9.64. The first kappa shape index (κ1) is 17.0. The first-order valence-corrected chi connectivity index (χ1v) is 8.68. The van der Waals surface area contributed by atoms with Crippen LogP contribution in [0.4, 0.5) is 0 Å². The molecular formula is C18H37N. The maximum atomic E-state index is 3.60. The highest BCUT2D eigenvalue weighted by Crippen LogP contribution is 2.43. The molecule has 3 unspecified atom stereocenters. The lowest BCUT2D eigenvalue weighted by molar-refractivity contribution is 0.0879. The van der Waals surface area contributed by atoms with Gasteiger partial charge in [0, 0.05) is 6.04 Å². The zero-order chi connectivity index (χ0) is 14.3. The van der Waals surface area contributed by atoms with Crippen LogP contribution in [0.5, 0.6) is 0 Å². The normalized spacial score (nSPS) is 28.6. The number of unbranched alkanes of at least 4 members (excludes halogenated alkanes) is 4. The Morgan fingerprint density at radius 3 is 2.37 bits per heavy atom. The quantitative estimate of drug-likeness (QED) is 0.581. The van der Waals surface area contributed by atoms with Gasteiger partial charge in [0.15, 0.2) is 0 Å². The van der Waals surface area contributed by atoms with Crippen molar-refractivity contribution in [1.29, 1.82) is 0 Å². The second-order valence-corrected chi connectivity index (χ2v) is 7.57. The van der Waals surface area contributed by atoms with Gasteiger partial charge < -0.3 is 5.32 Å². The molecule has 0 amide bonds. The molecule has 1 nitrogen and oxygen atoms in total. The Morgan fingerprint density at radius 1 is 1.05 bits per heavy atom. The van der Waals surface area contributed by atoms with Gasteiger partial charge in [0.05, 0.1) is 0 Å². The van der Waals surface area contributed by atoms with E-state index < -0.39 is 0 Å². The Bertz CT molecular complexity index is 234. The Balaban J connectivity index is 2.41. The second kappa shape index (κ2) is 8.29. The van der Waals surface area contributed by atoms with E-state index in [4.69, 9.17) is 0 Å². The van der Waals surface area contributed by atoms with Crippen LogP contribution in [0.3, 0.4) is 0 Å². The molecule has 1 aliphatic carbocycles. The molecule has 3 atom stereocenters.